The monoisotopic (exact) mass is 302 g/mol. The highest BCUT2D eigenvalue weighted by Gasteiger charge is 2.15. The Hall–Kier alpha value is -0.760. The molecule has 2 aromatic rings. The van der Waals surface area contributed by atoms with Gasteiger partial charge < -0.3 is 0 Å². The Labute approximate surface area is 120 Å². The third-order valence-electron chi connectivity index (χ3n) is 2.65. The third kappa shape index (κ3) is 3.17. The van der Waals surface area contributed by atoms with Gasteiger partial charge in [-0.3, -0.25) is 0 Å². The number of hydrogen-bond donors (Lipinski definition) is 0. The van der Waals surface area contributed by atoms with Crippen molar-refractivity contribution in [1.29, 1.82) is 0 Å². The molecule has 0 radical (unpaired) electrons. The van der Waals surface area contributed by atoms with E-state index in [0.29, 0.717) is 17.0 Å². The molecular formula is C14H10Cl3F. The molecule has 0 bridgehead atoms. The van der Waals surface area contributed by atoms with Crippen molar-refractivity contribution >= 4 is 34.8 Å². The first-order valence-corrected chi connectivity index (χ1v) is 6.59. The lowest BCUT2D eigenvalue weighted by Gasteiger charge is -2.12. The van der Waals surface area contributed by atoms with Gasteiger partial charge in [-0.25, -0.2) is 4.39 Å². The second-order valence-electron chi connectivity index (χ2n) is 3.94. The lowest BCUT2D eigenvalue weighted by atomic mass is 10.0. The van der Waals surface area contributed by atoms with Crippen LogP contribution in [0.4, 0.5) is 4.39 Å². The van der Waals surface area contributed by atoms with Crippen LogP contribution in [-0.2, 0) is 6.42 Å². The number of rotatable bonds is 3. The van der Waals surface area contributed by atoms with E-state index in [1.807, 2.05) is 12.1 Å². The SMILES string of the molecule is Fc1cccc(C(Cl)Cc2ccc(Cl)cc2)c1Cl. The summed E-state index contributed by atoms with van der Waals surface area (Å²) < 4.78 is 13.3. The van der Waals surface area contributed by atoms with Crippen LogP contribution in [0.1, 0.15) is 16.5 Å². The zero-order valence-electron chi connectivity index (χ0n) is 9.34. The molecule has 0 aromatic heterocycles. The third-order valence-corrected chi connectivity index (χ3v) is 3.69. The van der Waals surface area contributed by atoms with Gasteiger partial charge in [0.1, 0.15) is 5.82 Å². The van der Waals surface area contributed by atoms with Gasteiger partial charge in [0, 0.05) is 5.02 Å². The summed E-state index contributed by atoms with van der Waals surface area (Å²) in [6, 6.07) is 12.0. The van der Waals surface area contributed by atoms with Crippen molar-refractivity contribution in [2.75, 3.05) is 0 Å². The van der Waals surface area contributed by atoms with Crippen LogP contribution < -0.4 is 0 Å². The molecule has 0 heterocycles. The second kappa shape index (κ2) is 5.92. The summed E-state index contributed by atoms with van der Waals surface area (Å²) in [6.45, 7) is 0. The Kier molecular flexibility index (Phi) is 4.50. The Morgan fingerprint density at radius 3 is 2.33 bits per heavy atom. The van der Waals surface area contributed by atoms with Gasteiger partial charge in [0.2, 0.25) is 0 Å². The van der Waals surface area contributed by atoms with Crippen molar-refractivity contribution in [1.82, 2.24) is 0 Å². The maximum Gasteiger partial charge on any atom is 0.142 e. The minimum absolute atomic E-state index is 0.0893. The highest BCUT2D eigenvalue weighted by molar-refractivity contribution is 6.33. The van der Waals surface area contributed by atoms with Crippen molar-refractivity contribution < 1.29 is 4.39 Å². The first kappa shape index (κ1) is 13.7. The fourth-order valence-electron chi connectivity index (χ4n) is 1.70. The molecule has 4 heteroatoms. The van der Waals surface area contributed by atoms with Crippen LogP contribution in [0.25, 0.3) is 0 Å². The van der Waals surface area contributed by atoms with Gasteiger partial charge in [0.15, 0.2) is 0 Å². The molecule has 2 aromatic carbocycles. The quantitative estimate of drug-likeness (QED) is 0.642. The molecule has 0 saturated heterocycles. The van der Waals surface area contributed by atoms with Crippen LogP contribution in [0.2, 0.25) is 10.0 Å². The Balaban J connectivity index is 2.19. The fraction of sp³-hybridized carbons (Fsp3) is 0.143. The molecule has 1 unspecified atom stereocenters. The summed E-state index contributed by atoms with van der Waals surface area (Å²) in [4.78, 5) is 0. The maximum absolute atomic E-state index is 13.3. The van der Waals surface area contributed by atoms with Gasteiger partial charge in [0.05, 0.1) is 10.4 Å². The van der Waals surface area contributed by atoms with Crippen LogP contribution >= 0.6 is 34.8 Å². The number of benzene rings is 2. The zero-order valence-corrected chi connectivity index (χ0v) is 11.6. The smallest absolute Gasteiger partial charge is 0.142 e. The van der Waals surface area contributed by atoms with Gasteiger partial charge in [-0.1, -0.05) is 47.5 Å². The average molecular weight is 304 g/mol. The van der Waals surface area contributed by atoms with E-state index in [2.05, 4.69) is 0 Å². The van der Waals surface area contributed by atoms with Gasteiger partial charge in [0.25, 0.3) is 0 Å². The van der Waals surface area contributed by atoms with Crippen molar-refractivity contribution in [2.24, 2.45) is 0 Å². The fourth-order valence-corrected chi connectivity index (χ4v) is 2.50. The molecular weight excluding hydrogens is 294 g/mol. The summed E-state index contributed by atoms with van der Waals surface area (Å²) in [5.41, 5.74) is 1.63. The molecule has 0 aliphatic carbocycles. The van der Waals surface area contributed by atoms with E-state index in [0.717, 1.165) is 5.56 Å². The molecule has 0 aliphatic rings. The van der Waals surface area contributed by atoms with Crippen molar-refractivity contribution in [3.05, 3.63) is 69.5 Å². The van der Waals surface area contributed by atoms with Crippen molar-refractivity contribution in [3.63, 3.8) is 0 Å². The largest absolute Gasteiger partial charge is 0.205 e. The van der Waals surface area contributed by atoms with E-state index < -0.39 is 5.82 Å². The van der Waals surface area contributed by atoms with Gasteiger partial charge in [-0.2, -0.15) is 0 Å². The molecule has 2 rings (SSSR count). The van der Waals surface area contributed by atoms with Crippen LogP contribution in [0.3, 0.4) is 0 Å². The first-order chi connectivity index (χ1) is 8.58. The van der Waals surface area contributed by atoms with Crippen LogP contribution in [0.15, 0.2) is 42.5 Å². The predicted octanol–water partition coefficient (Wildman–Crippen LogP) is 5.66. The Morgan fingerprint density at radius 1 is 1.00 bits per heavy atom. The zero-order chi connectivity index (χ0) is 13.1. The normalized spacial score (nSPS) is 12.4. The number of alkyl halides is 1. The molecule has 0 saturated carbocycles. The molecule has 0 N–H and O–H groups in total. The summed E-state index contributed by atoms with van der Waals surface area (Å²) in [7, 11) is 0. The second-order valence-corrected chi connectivity index (χ2v) is 5.28. The summed E-state index contributed by atoms with van der Waals surface area (Å²) in [5, 5.41) is 0.398. The average Bonchev–Trinajstić information content (AvgIpc) is 2.35. The summed E-state index contributed by atoms with van der Waals surface area (Å²) >= 11 is 18.0. The van der Waals surface area contributed by atoms with Crippen LogP contribution in [0, 0.1) is 5.82 Å². The molecule has 0 amide bonds. The van der Waals surface area contributed by atoms with Crippen LogP contribution in [0.5, 0.6) is 0 Å². The minimum atomic E-state index is -0.448. The number of hydrogen-bond acceptors (Lipinski definition) is 0. The molecule has 94 valence electrons. The van der Waals surface area contributed by atoms with E-state index in [1.54, 1.807) is 24.3 Å². The Bertz CT molecular complexity index is 537. The molecule has 18 heavy (non-hydrogen) atoms. The minimum Gasteiger partial charge on any atom is -0.205 e. The number of halogens is 4. The maximum atomic E-state index is 13.3. The topological polar surface area (TPSA) is 0 Å². The highest BCUT2D eigenvalue weighted by atomic mass is 35.5. The molecule has 0 nitrogen and oxygen atoms in total. The first-order valence-electron chi connectivity index (χ1n) is 5.40. The highest BCUT2D eigenvalue weighted by Crippen LogP contribution is 2.32. The van der Waals surface area contributed by atoms with Crippen molar-refractivity contribution in [3.8, 4) is 0 Å². The standard InChI is InChI=1S/C14H10Cl3F/c15-10-6-4-9(5-7-10)8-12(16)11-2-1-3-13(18)14(11)17/h1-7,12H,8H2. The van der Waals surface area contributed by atoms with Gasteiger partial charge in [-0.15, -0.1) is 11.6 Å². The molecule has 0 spiro atoms. The van der Waals surface area contributed by atoms with Gasteiger partial charge in [-0.05, 0) is 35.7 Å². The molecule has 0 fully saturated rings. The summed E-state index contributed by atoms with van der Waals surface area (Å²) in [5.74, 6) is -0.448. The van der Waals surface area contributed by atoms with E-state index in [1.165, 1.54) is 6.07 Å². The van der Waals surface area contributed by atoms with Crippen molar-refractivity contribution in [2.45, 2.75) is 11.8 Å². The predicted molar refractivity (Wildman–Crippen MR) is 75.2 cm³/mol. The van der Waals surface area contributed by atoms with Crippen LogP contribution in [-0.4, -0.2) is 0 Å². The molecule has 0 aliphatic heterocycles. The van der Waals surface area contributed by atoms with E-state index in [-0.39, 0.29) is 10.4 Å². The van der Waals surface area contributed by atoms with E-state index in [4.69, 9.17) is 34.8 Å². The molecule has 1 atom stereocenters. The lowest BCUT2D eigenvalue weighted by Crippen LogP contribution is -1.98. The van der Waals surface area contributed by atoms with Gasteiger partial charge >= 0.3 is 0 Å². The Morgan fingerprint density at radius 2 is 1.67 bits per heavy atom. The lowest BCUT2D eigenvalue weighted by molar-refractivity contribution is 0.625. The van der Waals surface area contributed by atoms with E-state index in [9.17, 15) is 4.39 Å². The van der Waals surface area contributed by atoms with E-state index >= 15 is 0 Å². The summed E-state index contributed by atoms with van der Waals surface area (Å²) in [6.07, 6.45) is 0.571.